The zero-order chi connectivity index (χ0) is 22.2. The van der Waals surface area contributed by atoms with E-state index >= 15 is 0 Å². The minimum atomic E-state index is -1.07. The van der Waals surface area contributed by atoms with Gasteiger partial charge in [-0.2, -0.15) is 0 Å². The first-order valence-electron chi connectivity index (χ1n) is 10.2. The number of urea groups is 1. The molecule has 0 aromatic carbocycles. The Morgan fingerprint density at radius 1 is 1.17 bits per heavy atom. The van der Waals surface area contributed by atoms with Crippen LogP contribution in [0.3, 0.4) is 0 Å². The number of nitrogens with zero attached hydrogens (tertiary/aromatic N) is 1. The number of carbonyl (C=O) groups is 5. The highest BCUT2D eigenvalue weighted by Crippen LogP contribution is 2.35. The summed E-state index contributed by atoms with van der Waals surface area (Å²) in [5, 5.41) is 2.76. The largest absolute Gasteiger partial charge is 0.454 e. The van der Waals surface area contributed by atoms with Gasteiger partial charge in [-0.1, -0.05) is 12.8 Å². The number of imide groups is 1. The number of ether oxygens (including phenoxy) is 1. The van der Waals surface area contributed by atoms with Crippen LogP contribution in [0.5, 0.6) is 0 Å². The van der Waals surface area contributed by atoms with Gasteiger partial charge in [-0.3, -0.25) is 24.1 Å². The normalized spacial score (nSPS) is 18.6. The average molecular weight is 417 g/mol. The van der Waals surface area contributed by atoms with Gasteiger partial charge in [0.15, 0.2) is 11.9 Å². The van der Waals surface area contributed by atoms with Crippen molar-refractivity contribution in [2.45, 2.75) is 71.4 Å². The summed E-state index contributed by atoms with van der Waals surface area (Å²) in [6, 6.07) is -0.493. The first-order chi connectivity index (χ1) is 14.1. The van der Waals surface area contributed by atoms with E-state index in [2.05, 4.69) is 10.3 Å². The predicted molar refractivity (Wildman–Crippen MR) is 106 cm³/mol. The van der Waals surface area contributed by atoms with E-state index in [0.29, 0.717) is 29.7 Å². The van der Waals surface area contributed by atoms with Crippen LogP contribution in [-0.2, 0) is 14.3 Å². The molecule has 162 valence electrons. The third-order valence-electron chi connectivity index (χ3n) is 5.96. The molecule has 2 N–H and O–H groups in total. The van der Waals surface area contributed by atoms with Gasteiger partial charge >= 0.3 is 12.0 Å². The maximum atomic E-state index is 12.7. The molecule has 30 heavy (non-hydrogen) atoms. The Morgan fingerprint density at radius 3 is 2.37 bits per heavy atom. The Hall–Kier alpha value is -2.97. The van der Waals surface area contributed by atoms with Crippen LogP contribution in [0.1, 0.15) is 78.1 Å². The zero-order valence-electron chi connectivity index (χ0n) is 17.7. The minimum Gasteiger partial charge on any atom is -0.454 e. The quantitative estimate of drug-likeness (QED) is 0.398. The van der Waals surface area contributed by atoms with Gasteiger partial charge < -0.3 is 15.0 Å². The zero-order valence-corrected chi connectivity index (χ0v) is 17.7. The van der Waals surface area contributed by atoms with Crippen LogP contribution in [0.4, 0.5) is 4.79 Å². The lowest BCUT2D eigenvalue weighted by Crippen LogP contribution is -2.44. The molecule has 1 aromatic heterocycles. The molecule has 1 aliphatic carbocycles. The fourth-order valence-corrected chi connectivity index (χ4v) is 4.44. The highest BCUT2D eigenvalue weighted by molar-refractivity contribution is 6.07. The number of hydrogen-bond donors (Lipinski definition) is 2. The van der Waals surface area contributed by atoms with Gasteiger partial charge in [0.2, 0.25) is 5.78 Å². The molecular weight excluding hydrogens is 390 g/mol. The maximum absolute atomic E-state index is 12.7. The molecule has 3 rings (SSSR count). The molecule has 1 aromatic rings. The van der Waals surface area contributed by atoms with Gasteiger partial charge in [0.1, 0.15) is 5.54 Å². The average Bonchev–Trinajstić information content (AvgIpc) is 3.31. The van der Waals surface area contributed by atoms with Gasteiger partial charge in [0.25, 0.3) is 5.91 Å². The standard InChI is InChI=1S/C21H27N3O6/c1-11-16(13(3)25)12(2)22-17(11)18(27)14(4)30-15(26)7-10-24-19(28)21(23-20(24)29)8-5-6-9-21/h14,22H,5-10H2,1-4H3,(H,23,29)/t14-/m1/s1. The smallest absolute Gasteiger partial charge is 0.325 e. The first kappa shape index (κ1) is 21.7. The van der Waals surface area contributed by atoms with Crippen molar-refractivity contribution in [3.05, 3.63) is 22.5 Å². The lowest BCUT2D eigenvalue weighted by Gasteiger charge is -2.20. The Kier molecular flexibility index (Phi) is 5.83. The van der Waals surface area contributed by atoms with Crippen molar-refractivity contribution < 1.29 is 28.7 Å². The fraction of sp³-hybridized carbons (Fsp3) is 0.571. The van der Waals surface area contributed by atoms with Crippen LogP contribution < -0.4 is 5.32 Å². The molecular formula is C21H27N3O6. The summed E-state index contributed by atoms with van der Waals surface area (Å²) >= 11 is 0. The highest BCUT2D eigenvalue weighted by atomic mass is 16.5. The summed E-state index contributed by atoms with van der Waals surface area (Å²) in [4.78, 5) is 65.4. The van der Waals surface area contributed by atoms with Crippen LogP contribution in [-0.4, -0.2) is 57.5 Å². The molecule has 2 aliphatic rings. The Labute approximate surface area is 174 Å². The van der Waals surface area contributed by atoms with Crippen LogP contribution in [0.2, 0.25) is 0 Å². The van der Waals surface area contributed by atoms with Gasteiger partial charge in [0, 0.05) is 17.8 Å². The SMILES string of the molecule is CC(=O)c1c(C)[nH]c(C(=O)[C@@H](C)OC(=O)CCN2C(=O)NC3(CCCC3)C2=O)c1C. The van der Waals surface area contributed by atoms with E-state index in [1.165, 1.54) is 13.8 Å². The summed E-state index contributed by atoms with van der Waals surface area (Å²) < 4.78 is 5.22. The summed E-state index contributed by atoms with van der Waals surface area (Å²) in [5.41, 5.74) is 0.976. The van der Waals surface area contributed by atoms with Gasteiger partial charge in [-0.25, -0.2) is 4.79 Å². The first-order valence-corrected chi connectivity index (χ1v) is 10.2. The number of ketones is 2. The van der Waals surface area contributed by atoms with E-state index in [0.717, 1.165) is 17.7 Å². The van der Waals surface area contributed by atoms with Crippen molar-refractivity contribution >= 4 is 29.5 Å². The molecule has 1 spiro atoms. The van der Waals surface area contributed by atoms with Crippen LogP contribution in [0, 0.1) is 13.8 Å². The van der Waals surface area contributed by atoms with Gasteiger partial charge in [0.05, 0.1) is 12.1 Å². The molecule has 9 nitrogen and oxygen atoms in total. The molecule has 0 unspecified atom stereocenters. The molecule has 1 saturated heterocycles. The van der Waals surface area contributed by atoms with E-state index in [-0.39, 0.29) is 30.3 Å². The Morgan fingerprint density at radius 2 is 1.80 bits per heavy atom. The summed E-state index contributed by atoms with van der Waals surface area (Å²) in [6.07, 6.45) is 1.71. The van der Waals surface area contributed by atoms with Crippen LogP contribution >= 0.6 is 0 Å². The lowest BCUT2D eigenvalue weighted by molar-refractivity contribution is -0.146. The Balaban J connectivity index is 1.58. The molecule has 3 amide bonds. The summed E-state index contributed by atoms with van der Waals surface area (Å²) in [6.45, 7) is 6.14. The lowest BCUT2D eigenvalue weighted by atomic mass is 9.98. The van der Waals surface area contributed by atoms with Crippen molar-refractivity contribution in [3.8, 4) is 0 Å². The second kappa shape index (κ2) is 8.04. The molecule has 0 bridgehead atoms. The number of amides is 3. The number of hydrogen-bond acceptors (Lipinski definition) is 6. The van der Waals surface area contributed by atoms with Crippen LogP contribution in [0.25, 0.3) is 0 Å². The molecule has 2 fully saturated rings. The molecule has 2 heterocycles. The summed E-state index contributed by atoms with van der Waals surface area (Å²) in [5.74, 6) is -1.58. The van der Waals surface area contributed by atoms with Gasteiger partial charge in [-0.05, 0) is 46.1 Å². The van der Waals surface area contributed by atoms with Crippen LogP contribution in [0.15, 0.2) is 0 Å². The number of aromatic amines is 1. The number of Topliss-reactive ketones (excluding diaryl/α,β-unsaturated/α-hetero) is 2. The van der Waals surface area contributed by atoms with Crippen molar-refractivity contribution in [1.29, 1.82) is 0 Å². The third-order valence-corrected chi connectivity index (χ3v) is 5.96. The predicted octanol–water partition coefficient (Wildman–Crippen LogP) is 2.20. The molecule has 1 saturated carbocycles. The second-order valence-electron chi connectivity index (χ2n) is 8.10. The molecule has 1 aliphatic heterocycles. The summed E-state index contributed by atoms with van der Waals surface area (Å²) in [7, 11) is 0. The van der Waals surface area contributed by atoms with Crippen molar-refractivity contribution in [3.63, 3.8) is 0 Å². The van der Waals surface area contributed by atoms with Crippen molar-refractivity contribution in [1.82, 2.24) is 15.2 Å². The third kappa shape index (κ3) is 3.76. The number of aromatic nitrogens is 1. The number of carbonyl (C=O) groups excluding carboxylic acids is 5. The number of rotatable bonds is 7. The highest BCUT2D eigenvalue weighted by Gasteiger charge is 2.52. The van der Waals surface area contributed by atoms with Crippen molar-refractivity contribution in [2.75, 3.05) is 6.54 Å². The fourth-order valence-electron chi connectivity index (χ4n) is 4.44. The maximum Gasteiger partial charge on any atom is 0.325 e. The Bertz CT molecular complexity index is 925. The second-order valence-corrected chi connectivity index (χ2v) is 8.10. The van der Waals surface area contributed by atoms with E-state index in [1.807, 2.05) is 0 Å². The van der Waals surface area contributed by atoms with Crippen molar-refractivity contribution in [2.24, 2.45) is 0 Å². The topological polar surface area (TPSA) is 126 Å². The minimum absolute atomic E-state index is 0.0959. The van der Waals surface area contributed by atoms with Gasteiger partial charge in [-0.15, -0.1) is 0 Å². The molecule has 0 radical (unpaired) electrons. The number of nitrogens with one attached hydrogen (secondary N) is 2. The number of aryl methyl sites for hydroxylation is 1. The van der Waals surface area contributed by atoms with E-state index in [4.69, 9.17) is 4.74 Å². The molecule has 1 atom stereocenters. The van der Waals surface area contributed by atoms with E-state index < -0.39 is 29.4 Å². The van der Waals surface area contributed by atoms with E-state index in [1.54, 1.807) is 13.8 Å². The molecule has 9 heteroatoms. The number of H-pyrrole nitrogens is 1. The number of esters is 1. The monoisotopic (exact) mass is 417 g/mol. The van der Waals surface area contributed by atoms with E-state index in [9.17, 15) is 24.0 Å².